The summed E-state index contributed by atoms with van der Waals surface area (Å²) in [7, 11) is 0. The summed E-state index contributed by atoms with van der Waals surface area (Å²) < 4.78 is 0. The molecule has 0 atom stereocenters. The third-order valence-corrected chi connectivity index (χ3v) is 3.46. The predicted octanol–water partition coefficient (Wildman–Crippen LogP) is 1.29. The maximum Gasteiger partial charge on any atom is 0.223 e. The highest BCUT2D eigenvalue weighted by atomic mass is 16.2. The Bertz CT molecular complexity index is 208. The Morgan fingerprint density at radius 3 is 2.47 bits per heavy atom. The first kappa shape index (κ1) is 10.9. The SMILES string of the molecule is O=C(NCCNCC1CCCC1)C1CC1. The van der Waals surface area contributed by atoms with Crippen molar-refractivity contribution in [1.29, 1.82) is 0 Å². The van der Waals surface area contributed by atoms with Crippen molar-refractivity contribution in [3.8, 4) is 0 Å². The normalized spacial score (nSPS) is 21.9. The highest BCUT2D eigenvalue weighted by molar-refractivity contribution is 5.80. The van der Waals surface area contributed by atoms with E-state index in [2.05, 4.69) is 10.6 Å². The average Bonchev–Trinajstić information content (AvgIpc) is 2.97. The Morgan fingerprint density at radius 1 is 1.07 bits per heavy atom. The quantitative estimate of drug-likeness (QED) is 0.649. The molecule has 86 valence electrons. The Morgan fingerprint density at radius 2 is 1.80 bits per heavy atom. The number of nitrogens with one attached hydrogen (secondary N) is 2. The fraction of sp³-hybridized carbons (Fsp3) is 0.917. The average molecular weight is 210 g/mol. The summed E-state index contributed by atoms with van der Waals surface area (Å²) in [6.07, 6.45) is 7.79. The van der Waals surface area contributed by atoms with Crippen LogP contribution in [-0.2, 0) is 4.79 Å². The molecule has 0 heterocycles. The molecule has 0 aliphatic heterocycles. The van der Waals surface area contributed by atoms with Crippen LogP contribution >= 0.6 is 0 Å². The van der Waals surface area contributed by atoms with Gasteiger partial charge in [0.1, 0.15) is 0 Å². The topological polar surface area (TPSA) is 41.1 Å². The lowest BCUT2D eigenvalue weighted by atomic mass is 10.1. The summed E-state index contributed by atoms with van der Waals surface area (Å²) in [4.78, 5) is 11.3. The van der Waals surface area contributed by atoms with Crippen molar-refractivity contribution in [1.82, 2.24) is 10.6 Å². The van der Waals surface area contributed by atoms with E-state index in [1.165, 1.54) is 25.7 Å². The van der Waals surface area contributed by atoms with Gasteiger partial charge < -0.3 is 10.6 Å². The molecule has 0 aromatic heterocycles. The molecule has 0 spiro atoms. The molecule has 2 fully saturated rings. The van der Waals surface area contributed by atoms with E-state index in [1.54, 1.807) is 0 Å². The predicted molar refractivity (Wildman–Crippen MR) is 60.6 cm³/mol. The smallest absolute Gasteiger partial charge is 0.223 e. The molecule has 2 saturated carbocycles. The van der Waals surface area contributed by atoms with Gasteiger partial charge in [0.25, 0.3) is 0 Å². The van der Waals surface area contributed by atoms with Gasteiger partial charge >= 0.3 is 0 Å². The van der Waals surface area contributed by atoms with Gasteiger partial charge in [0.2, 0.25) is 5.91 Å². The van der Waals surface area contributed by atoms with Crippen LogP contribution in [0, 0.1) is 11.8 Å². The highest BCUT2D eigenvalue weighted by Crippen LogP contribution is 2.28. The van der Waals surface area contributed by atoms with Crippen molar-refractivity contribution in [2.75, 3.05) is 19.6 Å². The molecular weight excluding hydrogens is 188 g/mol. The maximum atomic E-state index is 11.3. The second kappa shape index (κ2) is 5.50. The highest BCUT2D eigenvalue weighted by Gasteiger charge is 2.28. The van der Waals surface area contributed by atoms with E-state index in [4.69, 9.17) is 0 Å². The van der Waals surface area contributed by atoms with E-state index in [0.29, 0.717) is 5.92 Å². The molecule has 2 aliphatic rings. The first-order valence-corrected chi connectivity index (χ1v) is 6.34. The van der Waals surface area contributed by atoms with Crippen LogP contribution in [0.25, 0.3) is 0 Å². The van der Waals surface area contributed by atoms with Gasteiger partial charge in [-0.15, -0.1) is 0 Å². The third kappa shape index (κ3) is 3.82. The Balaban J connectivity index is 1.42. The summed E-state index contributed by atoms with van der Waals surface area (Å²) in [6.45, 7) is 2.86. The molecule has 2 rings (SSSR count). The molecule has 0 unspecified atom stereocenters. The van der Waals surface area contributed by atoms with Crippen LogP contribution < -0.4 is 10.6 Å². The van der Waals surface area contributed by atoms with Crippen LogP contribution in [0.1, 0.15) is 38.5 Å². The van der Waals surface area contributed by atoms with Gasteiger partial charge in [0, 0.05) is 19.0 Å². The molecule has 0 aromatic carbocycles. The maximum absolute atomic E-state index is 11.3. The third-order valence-electron chi connectivity index (χ3n) is 3.46. The summed E-state index contributed by atoms with van der Waals surface area (Å²) in [5.41, 5.74) is 0. The van der Waals surface area contributed by atoms with Crippen molar-refractivity contribution < 1.29 is 4.79 Å². The number of rotatable bonds is 6. The second-order valence-electron chi connectivity index (χ2n) is 4.92. The minimum atomic E-state index is 0.262. The molecular formula is C12H22N2O. The molecule has 0 radical (unpaired) electrons. The zero-order valence-electron chi connectivity index (χ0n) is 9.43. The van der Waals surface area contributed by atoms with E-state index < -0.39 is 0 Å². The Labute approximate surface area is 92.0 Å². The number of hydrogen-bond donors (Lipinski definition) is 2. The van der Waals surface area contributed by atoms with E-state index >= 15 is 0 Å². The summed E-state index contributed by atoms with van der Waals surface area (Å²) >= 11 is 0. The molecule has 0 saturated heterocycles. The molecule has 0 bridgehead atoms. The van der Waals surface area contributed by atoms with Crippen LogP contribution in [0.2, 0.25) is 0 Å². The molecule has 3 heteroatoms. The molecule has 1 amide bonds. The van der Waals surface area contributed by atoms with Crippen LogP contribution in [0.5, 0.6) is 0 Å². The van der Waals surface area contributed by atoms with Crippen LogP contribution in [0.4, 0.5) is 0 Å². The van der Waals surface area contributed by atoms with Gasteiger partial charge in [-0.25, -0.2) is 0 Å². The Hall–Kier alpha value is -0.570. The lowest BCUT2D eigenvalue weighted by Gasteiger charge is -2.10. The first-order chi connectivity index (χ1) is 7.36. The van der Waals surface area contributed by atoms with Crippen LogP contribution in [0.15, 0.2) is 0 Å². The monoisotopic (exact) mass is 210 g/mol. The van der Waals surface area contributed by atoms with E-state index in [-0.39, 0.29) is 5.91 Å². The van der Waals surface area contributed by atoms with Gasteiger partial charge in [-0.2, -0.15) is 0 Å². The zero-order chi connectivity index (χ0) is 10.5. The molecule has 2 aliphatic carbocycles. The minimum absolute atomic E-state index is 0.262. The largest absolute Gasteiger partial charge is 0.355 e. The number of carbonyl (C=O) groups is 1. The van der Waals surface area contributed by atoms with Crippen molar-refractivity contribution in [2.24, 2.45) is 11.8 Å². The lowest BCUT2D eigenvalue weighted by Crippen LogP contribution is -2.34. The fourth-order valence-electron chi connectivity index (χ4n) is 2.28. The number of carbonyl (C=O) groups excluding carboxylic acids is 1. The second-order valence-corrected chi connectivity index (χ2v) is 4.92. The van der Waals surface area contributed by atoms with Crippen molar-refractivity contribution in [2.45, 2.75) is 38.5 Å². The van der Waals surface area contributed by atoms with Crippen molar-refractivity contribution in [3.63, 3.8) is 0 Å². The van der Waals surface area contributed by atoms with Gasteiger partial charge in [0.15, 0.2) is 0 Å². The molecule has 0 aromatic rings. The van der Waals surface area contributed by atoms with Crippen molar-refractivity contribution >= 4 is 5.91 Å². The number of amides is 1. The van der Waals surface area contributed by atoms with Gasteiger partial charge in [-0.3, -0.25) is 4.79 Å². The molecule has 2 N–H and O–H groups in total. The molecule has 15 heavy (non-hydrogen) atoms. The number of hydrogen-bond acceptors (Lipinski definition) is 2. The molecule has 3 nitrogen and oxygen atoms in total. The summed E-state index contributed by atoms with van der Waals surface area (Å²) in [5.74, 6) is 1.50. The fourth-order valence-corrected chi connectivity index (χ4v) is 2.28. The summed E-state index contributed by atoms with van der Waals surface area (Å²) in [5, 5.41) is 6.40. The van der Waals surface area contributed by atoms with E-state index in [0.717, 1.165) is 38.4 Å². The minimum Gasteiger partial charge on any atom is -0.355 e. The van der Waals surface area contributed by atoms with Gasteiger partial charge in [-0.1, -0.05) is 12.8 Å². The van der Waals surface area contributed by atoms with Gasteiger partial charge in [-0.05, 0) is 38.1 Å². The summed E-state index contributed by atoms with van der Waals surface area (Å²) in [6, 6.07) is 0. The van der Waals surface area contributed by atoms with Crippen LogP contribution in [-0.4, -0.2) is 25.5 Å². The van der Waals surface area contributed by atoms with Crippen molar-refractivity contribution in [3.05, 3.63) is 0 Å². The van der Waals surface area contributed by atoms with E-state index in [9.17, 15) is 4.79 Å². The standard InChI is InChI=1S/C12H22N2O/c15-12(11-5-6-11)14-8-7-13-9-10-3-1-2-4-10/h10-11,13H,1-9H2,(H,14,15). The Kier molecular flexibility index (Phi) is 4.01. The first-order valence-electron chi connectivity index (χ1n) is 6.34. The van der Waals surface area contributed by atoms with Crippen LogP contribution in [0.3, 0.4) is 0 Å². The van der Waals surface area contributed by atoms with Gasteiger partial charge in [0.05, 0.1) is 0 Å². The zero-order valence-corrected chi connectivity index (χ0v) is 9.43. The lowest BCUT2D eigenvalue weighted by molar-refractivity contribution is -0.122. The van der Waals surface area contributed by atoms with E-state index in [1.807, 2.05) is 0 Å².